The number of imide groups is 1. The van der Waals surface area contributed by atoms with Crippen molar-refractivity contribution in [3.63, 3.8) is 0 Å². The third kappa shape index (κ3) is 3.97. The van der Waals surface area contributed by atoms with Gasteiger partial charge in [0.15, 0.2) is 5.65 Å². The topological polar surface area (TPSA) is 89.7 Å². The van der Waals surface area contributed by atoms with Gasteiger partial charge in [0.25, 0.3) is 11.8 Å². The zero-order valence-electron chi connectivity index (χ0n) is 20.0. The lowest BCUT2D eigenvalue weighted by Crippen LogP contribution is -2.32. The molecule has 5 aromatic rings. The molecule has 2 amide bonds. The van der Waals surface area contributed by atoms with Gasteiger partial charge in [-0.2, -0.15) is 10.1 Å². The van der Waals surface area contributed by atoms with Gasteiger partial charge in [-0.3, -0.25) is 9.59 Å². The first kappa shape index (κ1) is 23.1. The van der Waals surface area contributed by atoms with E-state index in [0.29, 0.717) is 22.4 Å². The Labute approximate surface area is 220 Å². The molecule has 0 atom stereocenters. The summed E-state index contributed by atoms with van der Waals surface area (Å²) in [5, 5.41) is 6.09. The van der Waals surface area contributed by atoms with Crippen molar-refractivity contribution in [3.05, 3.63) is 82.3 Å². The summed E-state index contributed by atoms with van der Waals surface area (Å²) in [6.45, 7) is 1.60. The fourth-order valence-electron chi connectivity index (χ4n) is 4.49. The zero-order valence-corrected chi connectivity index (χ0v) is 21.6. The summed E-state index contributed by atoms with van der Waals surface area (Å²) in [5.41, 5.74) is 5.20. The van der Waals surface area contributed by atoms with Gasteiger partial charge in [0.1, 0.15) is 17.8 Å². The molecule has 0 unspecified atom stereocenters. The first-order valence-electron chi connectivity index (χ1n) is 11.6. The fraction of sp³-hybridized carbons (Fsp3) is 0.107. The first-order chi connectivity index (χ1) is 17.9. The lowest BCUT2D eigenvalue weighted by atomic mass is 10.1. The second-order valence-corrected chi connectivity index (χ2v) is 9.58. The summed E-state index contributed by atoms with van der Waals surface area (Å²) in [6.07, 6.45) is 1.73. The number of aromatic nitrogens is 3. The molecule has 0 spiro atoms. The predicted molar refractivity (Wildman–Crippen MR) is 146 cm³/mol. The van der Waals surface area contributed by atoms with Gasteiger partial charge in [-0.25, -0.2) is 9.97 Å². The van der Waals surface area contributed by atoms with Crippen molar-refractivity contribution in [3.8, 4) is 5.75 Å². The van der Waals surface area contributed by atoms with E-state index < -0.39 is 11.8 Å². The highest BCUT2D eigenvalue weighted by Crippen LogP contribution is 2.31. The van der Waals surface area contributed by atoms with Crippen LogP contribution in [0.15, 0.2) is 81.9 Å². The predicted octanol–water partition coefficient (Wildman–Crippen LogP) is 5.34. The van der Waals surface area contributed by atoms with Crippen LogP contribution in [-0.2, 0) is 16.1 Å². The van der Waals surface area contributed by atoms with Gasteiger partial charge in [0.2, 0.25) is 0 Å². The van der Waals surface area contributed by atoms with Crippen LogP contribution in [0.3, 0.4) is 0 Å². The Balaban J connectivity index is 1.38. The van der Waals surface area contributed by atoms with E-state index in [1.807, 2.05) is 66.7 Å². The van der Waals surface area contributed by atoms with Crippen LogP contribution in [0.4, 0.5) is 0 Å². The highest BCUT2D eigenvalue weighted by atomic mass is 79.9. The van der Waals surface area contributed by atoms with Gasteiger partial charge < -0.3 is 9.30 Å². The minimum Gasteiger partial charge on any atom is -0.497 e. The van der Waals surface area contributed by atoms with E-state index in [9.17, 15) is 9.59 Å². The number of hydrogen-bond acceptors (Lipinski definition) is 6. The number of para-hydroxylation sites is 2. The summed E-state index contributed by atoms with van der Waals surface area (Å²) in [7, 11) is 1.60. The largest absolute Gasteiger partial charge is 0.497 e. The Morgan fingerprint density at radius 1 is 1.03 bits per heavy atom. The van der Waals surface area contributed by atoms with Crippen LogP contribution in [0, 0.1) is 0 Å². The van der Waals surface area contributed by atoms with Gasteiger partial charge in [-0.05, 0) is 61.0 Å². The van der Waals surface area contributed by atoms with E-state index in [0.717, 1.165) is 42.7 Å². The van der Waals surface area contributed by atoms with E-state index in [-0.39, 0.29) is 6.54 Å². The number of amides is 2. The van der Waals surface area contributed by atoms with Crippen molar-refractivity contribution in [2.45, 2.75) is 13.5 Å². The summed E-state index contributed by atoms with van der Waals surface area (Å²) < 4.78 is 7.88. The number of hydrogen-bond donors (Lipinski definition) is 0. The van der Waals surface area contributed by atoms with E-state index in [1.54, 1.807) is 24.7 Å². The summed E-state index contributed by atoms with van der Waals surface area (Å²) >= 11 is 3.53. The lowest BCUT2D eigenvalue weighted by molar-refractivity contribution is -0.141. The average Bonchev–Trinajstić information content (AvgIpc) is 3.35. The minimum atomic E-state index is -0.460. The maximum Gasteiger partial charge on any atom is 0.283 e. The maximum absolute atomic E-state index is 13.4. The molecular formula is C28H20BrN5O3. The molecule has 0 saturated carbocycles. The molecule has 37 heavy (non-hydrogen) atoms. The van der Waals surface area contributed by atoms with Gasteiger partial charge >= 0.3 is 0 Å². The van der Waals surface area contributed by atoms with Crippen LogP contribution in [0.2, 0.25) is 0 Å². The third-order valence-electron chi connectivity index (χ3n) is 6.33. The standard InChI is InChI=1S/C28H20BrN5O3/c1-16-20(13-17-7-10-19(37-2)11-8-17)28(36)34(32-16)25(35)15-33-24-12-9-18(29)14-21(24)26-27(33)31-23-6-4-3-5-22(23)30-26/h3-14H,15H2,1-2H3/b20-13+. The number of halogens is 1. The Kier molecular flexibility index (Phi) is 5.57. The molecule has 0 radical (unpaired) electrons. The molecular weight excluding hydrogens is 534 g/mol. The summed E-state index contributed by atoms with van der Waals surface area (Å²) in [4.78, 5) is 36.3. The number of nitrogens with zero attached hydrogens (tertiary/aromatic N) is 5. The molecule has 0 aliphatic carbocycles. The molecule has 0 fully saturated rings. The van der Waals surface area contributed by atoms with E-state index in [2.05, 4.69) is 21.0 Å². The van der Waals surface area contributed by atoms with Gasteiger partial charge in [0, 0.05) is 9.86 Å². The number of rotatable bonds is 4. The Morgan fingerprint density at radius 2 is 1.76 bits per heavy atom. The van der Waals surface area contributed by atoms with Crippen molar-refractivity contribution in [2.75, 3.05) is 7.11 Å². The highest BCUT2D eigenvalue weighted by Gasteiger charge is 2.33. The van der Waals surface area contributed by atoms with Crippen molar-refractivity contribution >= 4 is 72.6 Å². The monoisotopic (exact) mass is 553 g/mol. The number of carbonyl (C=O) groups excluding carboxylic acids is 2. The summed E-state index contributed by atoms with van der Waals surface area (Å²) in [5.74, 6) is -0.200. The Hall–Kier alpha value is -4.37. The van der Waals surface area contributed by atoms with E-state index in [1.165, 1.54) is 0 Å². The normalized spacial score (nSPS) is 14.8. The van der Waals surface area contributed by atoms with Crippen molar-refractivity contribution in [2.24, 2.45) is 5.10 Å². The van der Waals surface area contributed by atoms with Gasteiger partial charge in [-0.1, -0.05) is 40.2 Å². The number of benzene rings is 3. The average molecular weight is 554 g/mol. The molecule has 3 aromatic carbocycles. The maximum atomic E-state index is 13.4. The van der Waals surface area contributed by atoms with Crippen LogP contribution in [0.25, 0.3) is 39.2 Å². The number of ether oxygens (including phenoxy) is 1. The van der Waals surface area contributed by atoms with Crippen LogP contribution in [0.5, 0.6) is 5.75 Å². The van der Waals surface area contributed by atoms with E-state index in [4.69, 9.17) is 14.7 Å². The van der Waals surface area contributed by atoms with Crippen LogP contribution in [0.1, 0.15) is 12.5 Å². The third-order valence-corrected chi connectivity index (χ3v) is 6.82. The molecule has 9 heteroatoms. The van der Waals surface area contributed by atoms with Crippen LogP contribution in [-0.4, -0.2) is 44.2 Å². The number of fused-ring (bicyclic) bond motifs is 4. The molecule has 6 rings (SSSR count). The Bertz CT molecular complexity index is 1800. The fourth-order valence-corrected chi connectivity index (χ4v) is 4.85. The molecule has 2 aromatic heterocycles. The van der Waals surface area contributed by atoms with Crippen LogP contribution < -0.4 is 4.74 Å². The molecule has 182 valence electrons. The van der Waals surface area contributed by atoms with Crippen molar-refractivity contribution < 1.29 is 14.3 Å². The van der Waals surface area contributed by atoms with Crippen molar-refractivity contribution in [1.82, 2.24) is 19.5 Å². The second-order valence-electron chi connectivity index (χ2n) is 8.66. The smallest absolute Gasteiger partial charge is 0.283 e. The quantitative estimate of drug-likeness (QED) is 0.280. The molecule has 0 bridgehead atoms. The zero-order chi connectivity index (χ0) is 25.7. The summed E-state index contributed by atoms with van der Waals surface area (Å²) in [6, 6.07) is 20.7. The Morgan fingerprint density at radius 3 is 2.49 bits per heavy atom. The van der Waals surface area contributed by atoms with E-state index >= 15 is 0 Å². The second kappa shape index (κ2) is 8.94. The van der Waals surface area contributed by atoms with Crippen LogP contribution >= 0.6 is 15.9 Å². The molecule has 8 nitrogen and oxygen atoms in total. The molecule has 3 heterocycles. The lowest BCUT2D eigenvalue weighted by Gasteiger charge is -2.12. The van der Waals surface area contributed by atoms with Gasteiger partial charge in [0.05, 0.1) is 34.9 Å². The molecule has 0 saturated heterocycles. The molecule has 1 aliphatic rings. The SMILES string of the molecule is COc1ccc(/C=C2/C(=O)N(C(=O)Cn3c4ccc(Br)cc4c4nc5ccccc5nc43)N=C2C)cc1. The first-order valence-corrected chi connectivity index (χ1v) is 12.3. The highest BCUT2D eigenvalue weighted by molar-refractivity contribution is 9.10. The number of hydrazone groups is 1. The minimum absolute atomic E-state index is 0.118. The molecule has 1 aliphatic heterocycles. The molecule has 0 N–H and O–H groups in total. The van der Waals surface area contributed by atoms with Gasteiger partial charge in [-0.15, -0.1) is 0 Å². The number of carbonyl (C=O) groups is 2. The number of methoxy groups -OCH3 is 1. The van der Waals surface area contributed by atoms with Crippen molar-refractivity contribution in [1.29, 1.82) is 0 Å².